The van der Waals surface area contributed by atoms with E-state index in [9.17, 15) is 31.5 Å². The molecule has 2 N–H and O–H groups in total. The van der Waals surface area contributed by atoms with Gasteiger partial charge >= 0.3 is 12.2 Å². The minimum Gasteiger partial charge on any atom is -0.353 e. The molecule has 1 aromatic rings. The number of nitrogens with zero attached hydrogens (tertiary/aromatic N) is 1. The van der Waals surface area contributed by atoms with Crippen molar-refractivity contribution in [2.75, 3.05) is 13.0 Å². The molecule has 2 aliphatic rings. The Balaban J connectivity index is 1.96. The van der Waals surface area contributed by atoms with Crippen LogP contribution >= 0.6 is 11.6 Å². The van der Waals surface area contributed by atoms with Crippen LogP contribution in [0.25, 0.3) is 0 Å². The predicted molar refractivity (Wildman–Crippen MR) is 94.1 cm³/mol. The van der Waals surface area contributed by atoms with Gasteiger partial charge in [0.2, 0.25) is 5.91 Å². The van der Waals surface area contributed by atoms with E-state index in [0.717, 1.165) is 19.1 Å². The second kappa shape index (κ2) is 7.97. The number of carbonyl (C=O) groups is 2. The van der Waals surface area contributed by atoms with Gasteiger partial charge in [-0.2, -0.15) is 13.2 Å². The van der Waals surface area contributed by atoms with Gasteiger partial charge < -0.3 is 15.5 Å². The Bertz CT molecular complexity index is 975. The van der Waals surface area contributed by atoms with Crippen molar-refractivity contribution >= 4 is 23.5 Å². The van der Waals surface area contributed by atoms with Crippen LogP contribution in [0.15, 0.2) is 12.1 Å². The second-order valence-electron chi connectivity index (χ2n) is 6.93. The molecule has 1 saturated carbocycles. The monoisotopic (exact) mass is 443 g/mol. The van der Waals surface area contributed by atoms with Crippen molar-refractivity contribution in [3.63, 3.8) is 0 Å². The van der Waals surface area contributed by atoms with Gasteiger partial charge in [-0.15, -0.1) is 0 Å². The van der Waals surface area contributed by atoms with E-state index < -0.39 is 90.1 Å². The quantitative estimate of drug-likeness (QED) is 0.552. The van der Waals surface area contributed by atoms with E-state index in [0.29, 0.717) is 0 Å². The molecule has 2 fully saturated rings. The lowest BCUT2D eigenvalue weighted by Gasteiger charge is -2.43. The Morgan fingerprint density at radius 1 is 1.38 bits per heavy atom. The summed E-state index contributed by atoms with van der Waals surface area (Å²) in [6.07, 6.45) is -5.50. The average Bonchev–Trinajstić information content (AvgIpc) is 2.61. The zero-order chi connectivity index (χ0) is 25.1. The van der Waals surface area contributed by atoms with E-state index in [-0.39, 0.29) is 4.90 Å². The lowest BCUT2D eigenvalue weighted by Crippen LogP contribution is -2.59. The number of alkyl halides is 3. The third kappa shape index (κ3) is 4.26. The van der Waals surface area contributed by atoms with Crippen molar-refractivity contribution in [2.24, 2.45) is 11.8 Å². The third-order valence-electron chi connectivity index (χ3n) is 5.14. The first-order valence-electron chi connectivity index (χ1n) is 10.6. The predicted octanol–water partition coefficient (Wildman–Crippen LogP) is 3.78. The molecule has 1 aliphatic heterocycles. The van der Waals surface area contributed by atoms with Gasteiger partial charge in [-0.1, -0.05) is 17.7 Å². The number of halogens is 6. The van der Waals surface area contributed by atoms with Crippen molar-refractivity contribution in [3.05, 3.63) is 34.4 Å². The van der Waals surface area contributed by atoms with Gasteiger partial charge in [-0.3, -0.25) is 4.79 Å². The van der Waals surface area contributed by atoms with Gasteiger partial charge in [0.05, 0.1) is 17.4 Å². The highest BCUT2D eigenvalue weighted by Crippen LogP contribution is 2.50. The number of piperazine rings is 1. The van der Waals surface area contributed by atoms with Crippen LogP contribution in [0.2, 0.25) is 5.02 Å². The molecule has 160 valence electrons. The van der Waals surface area contributed by atoms with Crippen LogP contribution < -0.4 is 10.6 Å². The van der Waals surface area contributed by atoms with Crippen LogP contribution in [0.3, 0.4) is 0 Å². The molecule has 5 nitrogen and oxygen atoms in total. The Labute approximate surface area is 174 Å². The highest BCUT2D eigenvalue weighted by molar-refractivity contribution is 6.31. The summed E-state index contributed by atoms with van der Waals surface area (Å²) < 4.78 is 98.8. The zero-order valence-electron chi connectivity index (χ0n) is 18.9. The Morgan fingerprint density at radius 3 is 2.66 bits per heavy atom. The number of urea groups is 1. The van der Waals surface area contributed by atoms with Gasteiger partial charge in [0.25, 0.3) is 0 Å². The van der Waals surface area contributed by atoms with Gasteiger partial charge in [-0.25, -0.2) is 13.6 Å². The number of nitrogens with one attached hydrogen (secondary N) is 2. The highest BCUT2D eigenvalue weighted by Gasteiger charge is 2.51. The molecule has 29 heavy (non-hydrogen) atoms. The number of hydrogen-bond acceptors (Lipinski definition) is 2. The summed E-state index contributed by atoms with van der Waals surface area (Å²) in [5, 5.41) is 3.10. The summed E-state index contributed by atoms with van der Waals surface area (Å²) >= 11 is 5.59. The highest BCUT2D eigenvalue weighted by atomic mass is 35.5. The maximum absolute atomic E-state index is 14.7. The summed E-state index contributed by atoms with van der Waals surface area (Å²) in [5.74, 6) is -6.12. The van der Waals surface area contributed by atoms with E-state index in [1.165, 1.54) is 0 Å². The number of amides is 3. The van der Waals surface area contributed by atoms with E-state index in [1.807, 2.05) is 5.32 Å². The maximum Gasteiger partial charge on any atom is 0.391 e. The van der Waals surface area contributed by atoms with Crippen LogP contribution in [0.4, 0.5) is 26.7 Å². The maximum atomic E-state index is 14.7. The standard InChI is InChI=1S/C18H19ClF5N3O2/c1-8-16(28)25-4-5-27(8)17(29)26-15(9-6-10(7-9)18(22,23)24)11-2-3-12(20)13(19)14(11)21/h2-3,8-10,15H,4-7H2,1H3,(H,25,28)(H,26,29)/t8-,9-,10-,15-/m0/s1/i4D2,5D2. The van der Waals surface area contributed by atoms with Crippen molar-refractivity contribution in [1.82, 2.24) is 15.5 Å². The molecule has 3 rings (SSSR count). The van der Waals surface area contributed by atoms with Gasteiger partial charge in [0.15, 0.2) is 0 Å². The second-order valence-corrected chi connectivity index (χ2v) is 7.31. The third-order valence-corrected chi connectivity index (χ3v) is 5.48. The molecule has 3 amide bonds. The topological polar surface area (TPSA) is 61.4 Å². The largest absolute Gasteiger partial charge is 0.391 e. The van der Waals surface area contributed by atoms with Gasteiger partial charge in [0.1, 0.15) is 22.7 Å². The fourth-order valence-corrected chi connectivity index (χ4v) is 3.50. The van der Waals surface area contributed by atoms with E-state index in [2.05, 4.69) is 5.32 Å². The average molecular weight is 444 g/mol. The first-order chi connectivity index (χ1) is 15.0. The Morgan fingerprint density at radius 2 is 2.03 bits per heavy atom. The van der Waals surface area contributed by atoms with Crippen LogP contribution in [0.5, 0.6) is 0 Å². The summed E-state index contributed by atoms with van der Waals surface area (Å²) in [6, 6.07) is -2.66. The molecular weight excluding hydrogens is 421 g/mol. The van der Waals surface area contributed by atoms with Crippen LogP contribution in [-0.2, 0) is 4.79 Å². The van der Waals surface area contributed by atoms with Gasteiger partial charge in [0, 0.05) is 18.6 Å². The SMILES string of the molecule is [2H]C1([2H])NC(=O)[C@H](C)N(C(=O)N[C@H](c2ccc(F)c(Cl)c2F)[C@H]2C[C@H](C(F)(F)F)C2)C1([2H])[2H]. The molecule has 11 heteroatoms. The summed E-state index contributed by atoms with van der Waals surface area (Å²) in [7, 11) is 0. The minimum absolute atomic E-state index is 0.266. The Kier molecular flexibility index (Phi) is 4.58. The lowest BCUT2D eigenvalue weighted by atomic mass is 9.69. The van der Waals surface area contributed by atoms with Crippen molar-refractivity contribution in [1.29, 1.82) is 0 Å². The van der Waals surface area contributed by atoms with E-state index in [4.69, 9.17) is 17.1 Å². The fourth-order valence-electron chi connectivity index (χ4n) is 3.33. The molecule has 1 aromatic carbocycles. The molecule has 0 aromatic heterocycles. The van der Waals surface area contributed by atoms with Crippen LogP contribution in [0, 0.1) is 23.5 Å². The van der Waals surface area contributed by atoms with E-state index in [1.54, 1.807) is 0 Å². The number of rotatable bonds is 3. The summed E-state index contributed by atoms with van der Waals surface area (Å²) in [6.45, 7) is -4.94. The molecule has 0 unspecified atom stereocenters. The van der Waals surface area contributed by atoms with Crippen LogP contribution in [-0.4, -0.2) is 42.1 Å². The first kappa shape index (κ1) is 16.7. The molecule has 0 bridgehead atoms. The minimum atomic E-state index is -4.52. The lowest BCUT2D eigenvalue weighted by molar-refractivity contribution is -0.206. The zero-order valence-corrected chi connectivity index (χ0v) is 15.7. The van der Waals surface area contributed by atoms with Crippen LogP contribution in [0.1, 0.15) is 36.9 Å². The molecule has 0 radical (unpaired) electrons. The molecular formula is C18H19ClF5N3O2. The molecule has 0 spiro atoms. The van der Waals surface area contributed by atoms with Crippen molar-refractivity contribution in [2.45, 2.75) is 38.0 Å². The normalized spacial score (nSPS) is 31.3. The smallest absolute Gasteiger partial charge is 0.353 e. The van der Waals surface area contributed by atoms with Crippen molar-refractivity contribution < 1.29 is 37.0 Å². The number of benzene rings is 1. The summed E-state index contributed by atoms with van der Waals surface area (Å²) in [4.78, 5) is 25.3. The van der Waals surface area contributed by atoms with Crippen molar-refractivity contribution in [3.8, 4) is 0 Å². The number of carbonyl (C=O) groups excluding carboxylic acids is 2. The molecule has 2 atom stereocenters. The first-order valence-corrected chi connectivity index (χ1v) is 8.98. The van der Waals surface area contributed by atoms with E-state index >= 15 is 0 Å². The Hall–Kier alpha value is -2.10. The number of hydrogen-bond donors (Lipinski definition) is 2. The van der Waals surface area contributed by atoms with Gasteiger partial charge in [-0.05, 0) is 31.7 Å². The molecule has 1 aliphatic carbocycles. The summed E-state index contributed by atoms with van der Waals surface area (Å²) in [5.41, 5.74) is -0.418. The molecule has 1 saturated heterocycles. The fraction of sp³-hybridized carbons (Fsp3) is 0.556. The molecule has 1 heterocycles.